The number of hydrogen-bond acceptors (Lipinski definition) is 3. The number of hydrogen-bond donors (Lipinski definition) is 0. The van der Waals surface area contributed by atoms with Gasteiger partial charge in [-0.05, 0) is 30.5 Å². The first-order valence-electron chi connectivity index (χ1n) is 6.23. The van der Waals surface area contributed by atoms with Crippen LogP contribution in [0.25, 0.3) is 0 Å². The maximum absolute atomic E-state index is 11.2. The molecule has 4 heteroatoms. The average molecular weight is 232 g/mol. The van der Waals surface area contributed by atoms with Crippen molar-refractivity contribution in [3.8, 4) is 0 Å². The van der Waals surface area contributed by atoms with E-state index in [1.165, 1.54) is 11.1 Å². The number of fused-ring (bicyclic) bond motifs is 3. The Hall–Kier alpha value is -1.42. The molecule has 0 N–H and O–H groups in total. The zero-order chi connectivity index (χ0) is 11.8. The van der Waals surface area contributed by atoms with Gasteiger partial charge in [-0.3, -0.25) is 15.0 Å². The van der Waals surface area contributed by atoms with Gasteiger partial charge in [-0.1, -0.05) is 24.3 Å². The van der Waals surface area contributed by atoms with E-state index in [2.05, 4.69) is 17.0 Å². The van der Waals surface area contributed by atoms with Crippen molar-refractivity contribution in [2.45, 2.75) is 31.3 Å². The van der Waals surface area contributed by atoms with Crippen LogP contribution in [0.15, 0.2) is 24.3 Å². The van der Waals surface area contributed by atoms with Crippen LogP contribution in [0.3, 0.4) is 0 Å². The highest BCUT2D eigenvalue weighted by Crippen LogP contribution is 2.37. The molecule has 3 rings (SSSR count). The lowest BCUT2D eigenvalue weighted by atomic mass is 9.84. The molecule has 2 aliphatic heterocycles. The third-order valence-electron chi connectivity index (χ3n) is 4.02. The fourth-order valence-corrected chi connectivity index (χ4v) is 3.23. The number of nitrogens with zero attached hydrogens (tertiary/aromatic N) is 2. The van der Waals surface area contributed by atoms with Crippen LogP contribution in [-0.2, 0) is 6.42 Å². The summed E-state index contributed by atoms with van der Waals surface area (Å²) in [7, 11) is 0. The Morgan fingerprint density at radius 1 is 1.29 bits per heavy atom. The van der Waals surface area contributed by atoms with Crippen LogP contribution in [-0.4, -0.2) is 29.0 Å². The van der Waals surface area contributed by atoms with Gasteiger partial charge >= 0.3 is 0 Å². The number of benzene rings is 1. The van der Waals surface area contributed by atoms with E-state index in [0.29, 0.717) is 6.42 Å². The first-order chi connectivity index (χ1) is 8.27. The van der Waals surface area contributed by atoms with Gasteiger partial charge in [0.05, 0.1) is 0 Å². The molecule has 2 atom stereocenters. The van der Waals surface area contributed by atoms with Crippen molar-refractivity contribution < 1.29 is 4.92 Å². The summed E-state index contributed by atoms with van der Waals surface area (Å²) in [5.74, 6) is 0. The quantitative estimate of drug-likeness (QED) is 0.549. The van der Waals surface area contributed by atoms with Crippen molar-refractivity contribution in [3.63, 3.8) is 0 Å². The minimum absolute atomic E-state index is 0.00343. The van der Waals surface area contributed by atoms with E-state index in [1.54, 1.807) is 0 Å². The van der Waals surface area contributed by atoms with Gasteiger partial charge in [0.15, 0.2) is 0 Å². The fourth-order valence-electron chi connectivity index (χ4n) is 3.23. The van der Waals surface area contributed by atoms with Crippen molar-refractivity contribution in [2.75, 3.05) is 13.1 Å². The molecule has 1 aromatic rings. The molecule has 0 spiro atoms. The highest BCUT2D eigenvalue weighted by atomic mass is 16.6. The topological polar surface area (TPSA) is 46.4 Å². The monoisotopic (exact) mass is 232 g/mol. The van der Waals surface area contributed by atoms with E-state index in [1.807, 2.05) is 12.1 Å². The third kappa shape index (κ3) is 1.72. The van der Waals surface area contributed by atoms with E-state index >= 15 is 0 Å². The summed E-state index contributed by atoms with van der Waals surface area (Å²) in [6.07, 6.45) is 2.68. The van der Waals surface area contributed by atoms with E-state index in [-0.39, 0.29) is 11.0 Å². The molecule has 0 radical (unpaired) electrons. The van der Waals surface area contributed by atoms with Gasteiger partial charge in [-0.25, -0.2) is 0 Å². The third-order valence-corrected chi connectivity index (χ3v) is 4.02. The average Bonchev–Trinajstić information content (AvgIpc) is 2.37. The summed E-state index contributed by atoms with van der Waals surface area (Å²) in [5, 5.41) is 11.2. The Morgan fingerprint density at radius 3 is 2.94 bits per heavy atom. The summed E-state index contributed by atoms with van der Waals surface area (Å²) in [4.78, 5) is 13.4. The minimum atomic E-state index is -0.426. The first kappa shape index (κ1) is 10.7. The van der Waals surface area contributed by atoms with Gasteiger partial charge in [-0.2, -0.15) is 0 Å². The standard InChI is InChI=1S/C13H16N2O2/c16-15(17)12-6-3-8-14-9-7-10-4-1-2-5-11(10)13(12)14/h1-2,4-5,12-13H,3,6-9H2/t12-,13+/m0/s1. The van der Waals surface area contributed by atoms with E-state index in [4.69, 9.17) is 0 Å². The fraction of sp³-hybridized carbons (Fsp3) is 0.538. The van der Waals surface area contributed by atoms with Crippen LogP contribution in [0.2, 0.25) is 0 Å². The number of piperidine rings is 1. The Bertz CT molecular complexity index is 447. The molecule has 90 valence electrons. The molecular formula is C13H16N2O2. The summed E-state index contributed by atoms with van der Waals surface area (Å²) >= 11 is 0. The molecular weight excluding hydrogens is 216 g/mol. The molecule has 1 aromatic carbocycles. The van der Waals surface area contributed by atoms with Crippen LogP contribution < -0.4 is 0 Å². The highest BCUT2D eigenvalue weighted by molar-refractivity contribution is 5.33. The molecule has 2 heterocycles. The molecule has 0 saturated carbocycles. The molecule has 1 fully saturated rings. The van der Waals surface area contributed by atoms with Crippen molar-refractivity contribution >= 4 is 0 Å². The smallest absolute Gasteiger partial charge is 0.232 e. The molecule has 0 amide bonds. The zero-order valence-corrected chi connectivity index (χ0v) is 9.71. The summed E-state index contributed by atoms with van der Waals surface area (Å²) in [6.45, 7) is 1.97. The largest absolute Gasteiger partial charge is 0.290 e. The highest BCUT2D eigenvalue weighted by Gasteiger charge is 2.42. The summed E-state index contributed by atoms with van der Waals surface area (Å²) in [6, 6.07) is 7.77. The van der Waals surface area contributed by atoms with Gasteiger partial charge in [0.2, 0.25) is 6.04 Å². The predicted molar refractivity (Wildman–Crippen MR) is 64.5 cm³/mol. The second-order valence-corrected chi connectivity index (χ2v) is 4.92. The number of nitro groups is 1. The van der Waals surface area contributed by atoms with E-state index in [9.17, 15) is 10.1 Å². The SMILES string of the molecule is O=[N+]([O-])[C@H]1CCCN2CCc3ccccc3[C@H]12. The van der Waals surface area contributed by atoms with Gasteiger partial charge in [0.25, 0.3) is 0 Å². The van der Waals surface area contributed by atoms with Crippen molar-refractivity contribution in [1.82, 2.24) is 4.90 Å². The lowest BCUT2D eigenvalue weighted by Gasteiger charge is -2.41. The zero-order valence-electron chi connectivity index (χ0n) is 9.71. The second-order valence-electron chi connectivity index (χ2n) is 4.92. The van der Waals surface area contributed by atoms with Crippen molar-refractivity contribution in [3.05, 3.63) is 45.5 Å². The molecule has 0 aliphatic carbocycles. The van der Waals surface area contributed by atoms with Crippen LogP contribution in [0.1, 0.15) is 30.0 Å². The molecule has 1 saturated heterocycles. The number of rotatable bonds is 1. The lowest BCUT2D eigenvalue weighted by molar-refractivity contribution is -0.536. The summed E-state index contributed by atoms with van der Waals surface area (Å²) in [5.41, 5.74) is 2.47. The van der Waals surface area contributed by atoms with Gasteiger partial charge in [0.1, 0.15) is 6.04 Å². The lowest BCUT2D eigenvalue weighted by Crippen LogP contribution is -2.48. The Balaban J connectivity index is 2.03. The van der Waals surface area contributed by atoms with Crippen molar-refractivity contribution in [1.29, 1.82) is 0 Å². The Labute approximate surface area is 100 Å². The molecule has 0 unspecified atom stereocenters. The van der Waals surface area contributed by atoms with Gasteiger partial charge in [-0.15, -0.1) is 0 Å². The van der Waals surface area contributed by atoms with Crippen molar-refractivity contribution in [2.24, 2.45) is 0 Å². The van der Waals surface area contributed by atoms with Gasteiger partial charge in [0, 0.05) is 17.9 Å². The molecule has 2 aliphatic rings. The molecule has 4 nitrogen and oxygen atoms in total. The molecule has 0 bridgehead atoms. The Morgan fingerprint density at radius 2 is 2.12 bits per heavy atom. The predicted octanol–water partition coefficient (Wildman–Crippen LogP) is 2.02. The van der Waals surface area contributed by atoms with E-state index in [0.717, 1.165) is 25.9 Å². The van der Waals surface area contributed by atoms with Crippen LogP contribution in [0, 0.1) is 10.1 Å². The van der Waals surface area contributed by atoms with E-state index < -0.39 is 6.04 Å². The van der Waals surface area contributed by atoms with Crippen LogP contribution in [0.5, 0.6) is 0 Å². The molecule has 17 heavy (non-hydrogen) atoms. The van der Waals surface area contributed by atoms with Crippen LogP contribution in [0.4, 0.5) is 0 Å². The Kier molecular flexibility index (Phi) is 2.59. The normalized spacial score (nSPS) is 28.2. The summed E-state index contributed by atoms with van der Waals surface area (Å²) < 4.78 is 0. The molecule has 0 aromatic heterocycles. The first-order valence-corrected chi connectivity index (χ1v) is 6.23. The van der Waals surface area contributed by atoms with Gasteiger partial charge < -0.3 is 0 Å². The van der Waals surface area contributed by atoms with Crippen LogP contribution >= 0.6 is 0 Å². The second kappa shape index (κ2) is 4.11. The maximum Gasteiger partial charge on any atom is 0.232 e. The maximum atomic E-state index is 11.2. The minimum Gasteiger partial charge on any atom is -0.290 e.